The third-order valence-corrected chi connectivity index (χ3v) is 5.32. The zero-order chi connectivity index (χ0) is 18.6. The molecule has 1 N–H and O–H groups in total. The van der Waals surface area contributed by atoms with E-state index in [0.717, 1.165) is 50.7 Å². The summed E-state index contributed by atoms with van der Waals surface area (Å²) in [5.74, 6) is 0.996. The number of carbonyl (C=O) groups excluding carboxylic acids is 2. The van der Waals surface area contributed by atoms with Crippen molar-refractivity contribution in [2.24, 2.45) is 0 Å². The minimum absolute atomic E-state index is 0.0338. The lowest BCUT2D eigenvalue weighted by molar-refractivity contribution is -0.122. The molecule has 1 aromatic rings. The van der Waals surface area contributed by atoms with Crippen molar-refractivity contribution in [1.82, 2.24) is 20.2 Å². The lowest BCUT2D eigenvalue weighted by atomic mass is 9.96. The number of hydrogen-bond donors (Lipinski definition) is 1. The molecule has 3 saturated heterocycles. The molecule has 0 spiro atoms. The normalized spacial score (nSPS) is 23.6. The number of amides is 2. The van der Waals surface area contributed by atoms with E-state index in [1.54, 1.807) is 0 Å². The van der Waals surface area contributed by atoms with Crippen LogP contribution in [0.25, 0.3) is 0 Å². The van der Waals surface area contributed by atoms with Gasteiger partial charge in [0, 0.05) is 50.2 Å². The first-order chi connectivity index (χ1) is 13.2. The highest BCUT2D eigenvalue weighted by atomic mass is 16.6. The fourth-order valence-corrected chi connectivity index (χ4v) is 3.81. The smallest absolute Gasteiger partial charge is 0.410 e. The van der Waals surface area contributed by atoms with Crippen LogP contribution >= 0.6 is 0 Å². The average Bonchev–Trinajstić information content (AvgIpc) is 3.32. The predicted molar refractivity (Wildman–Crippen MR) is 96.5 cm³/mol. The highest BCUT2D eigenvalue weighted by Crippen LogP contribution is 2.26. The Morgan fingerprint density at radius 2 is 2.07 bits per heavy atom. The number of nitrogens with zero attached hydrogens (tertiary/aromatic N) is 4. The van der Waals surface area contributed by atoms with Crippen LogP contribution in [0.15, 0.2) is 12.3 Å². The van der Waals surface area contributed by atoms with E-state index in [1.165, 1.54) is 4.90 Å². The summed E-state index contributed by atoms with van der Waals surface area (Å²) in [6.45, 7) is 3.91. The molecule has 1 aromatic heterocycles. The van der Waals surface area contributed by atoms with Crippen molar-refractivity contribution in [3.63, 3.8) is 0 Å². The second kappa shape index (κ2) is 8.08. The van der Waals surface area contributed by atoms with Gasteiger partial charge in [0.25, 0.3) is 0 Å². The second-order valence-corrected chi connectivity index (χ2v) is 7.20. The monoisotopic (exact) mass is 375 g/mol. The average molecular weight is 375 g/mol. The molecule has 1 unspecified atom stereocenters. The number of aromatic nitrogens is 2. The van der Waals surface area contributed by atoms with Crippen molar-refractivity contribution in [3.8, 4) is 0 Å². The maximum atomic E-state index is 12.2. The van der Waals surface area contributed by atoms with E-state index in [2.05, 4.69) is 15.2 Å². The van der Waals surface area contributed by atoms with Gasteiger partial charge < -0.3 is 19.7 Å². The van der Waals surface area contributed by atoms with Gasteiger partial charge in [0.2, 0.25) is 11.9 Å². The van der Waals surface area contributed by atoms with Crippen LogP contribution < -0.4 is 10.2 Å². The van der Waals surface area contributed by atoms with Gasteiger partial charge in [-0.15, -0.1) is 0 Å². The van der Waals surface area contributed by atoms with E-state index in [-0.39, 0.29) is 18.5 Å². The second-order valence-electron chi connectivity index (χ2n) is 7.20. The minimum atomic E-state index is -0.420. The number of anilines is 1. The molecule has 0 bridgehead atoms. The van der Waals surface area contributed by atoms with Crippen molar-refractivity contribution >= 4 is 17.9 Å². The van der Waals surface area contributed by atoms with Gasteiger partial charge >= 0.3 is 6.09 Å². The number of carbonyl (C=O) groups is 2. The summed E-state index contributed by atoms with van der Waals surface area (Å²) in [4.78, 5) is 36.3. The molecular formula is C18H25N5O4. The van der Waals surface area contributed by atoms with Crippen LogP contribution in [0.2, 0.25) is 0 Å². The molecule has 27 heavy (non-hydrogen) atoms. The molecule has 3 aliphatic rings. The van der Waals surface area contributed by atoms with Gasteiger partial charge in [-0.05, 0) is 25.3 Å². The summed E-state index contributed by atoms with van der Waals surface area (Å²) in [5, 5.41) is 3.00. The third-order valence-electron chi connectivity index (χ3n) is 5.32. The topological polar surface area (TPSA) is 96.9 Å². The molecule has 3 fully saturated rings. The summed E-state index contributed by atoms with van der Waals surface area (Å²) in [6.07, 6.45) is 4.22. The number of cyclic esters (lactones) is 1. The summed E-state index contributed by atoms with van der Waals surface area (Å²) >= 11 is 0. The zero-order valence-electron chi connectivity index (χ0n) is 15.3. The fourth-order valence-electron chi connectivity index (χ4n) is 3.81. The standard InChI is InChI=1S/C18H25N5O4/c24-16(12-23-7-10-27-18(23)25)20-14-2-6-22(11-14)17-19-5-1-15(21-17)13-3-8-26-9-4-13/h1,5,13-14H,2-4,6-12H2,(H,20,24). The van der Waals surface area contributed by atoms with Crippen molar-refractivity contribution in [2.75, 3.05) is 50.9 Å². The summed E-state index contributed by atoms with van der Waals surface area (Å²) in [5.41, 5.74) is 1.07. The zero-order valence-corrected chi connectivity index (χ0v) is 15.3. The van der Waals surface area contributed by atoms with E-state index >= 15 is 0 Å². The molecule has 0 aliphatic carbocycles. The number of rotatable bonds is 5. The quantitative estimate of drug-likeness (QED) is 0.801. The highest BCUT2D eigenvalue weighted by Gasteiger charge is 2.29. The molecule has 9 heteroatoms. The molecule has 1 atom stereocenters. The Morgan fingerprint density at radius 1 is 1.22 bits per heavy atom. The van der Waals surface area contributed by atoms with Crippen LogP contribution in [-0.2, 0) is 14.3 Å². The van der Waals surface area contributed by atoms with E-state index in [4.69, 9.17) is 14.5 Å². The first-order valence-electron chi connectivity index (χ1n) is 9.56. The largest absolute Gasteiger partial charge is 0.448 e. The Morgan fingerprint density at radius 3 is 2.85 bits per heavy atom. The molecule has 4 heterocycles. The Bertz CT molecular complexity index is 694. The lowest BCUT2D eigenvalue weighted by Gasteiger charge is -2.23. The summed E-state index contributed by atoms with van der Waals surface area (Å²) in [7, 11) is 0. The highest BCUT2D eigenvalue weighted by molar-refractivity contribution is 5.83. The van der Waals surface area contributed by atoms with Gasteiger partial charge in [-0.2, -0.15) is 0 Å². The number of hydrogen-bond acceptors (Lipinski definition) is 7. The van der Waals surface area contributed by atoms with E-state index in [1.807, 2.05) is 12.3 Å². The summed E-state index contributed by atoms with van der Waals surface area (Å²) < 4.78 is 10.3. The van der Waals surface area contributed by atoms with Gasteiger partial charge in [-0.3, -0.25) is 9.69 Å². The van der Waals surface area contributed by atoms with Crippen molar-refractivity contribution in [2.45, 2.75) is 31.2 Å². The van der Waals surface area contributed by atoms with E-state index in [0.29, 0.717) is 25.6 Å². The SMILES string of the molecule is O=C(CN1CCOC1=O)NC1CCN(c2nccc(C3CCOCC3)n2)C1. The van der Waals surface area contributed by atoms with Crippen LogP contribution in [0.3, 0.4) is 0 Å². The number of nitrogens with one attached hydrogen (secondary N) is 1. The molecule has 3 aliphatic heterocycles. The molecule has 0 aromatic carbocycles. The predicted octanol–water partition coefficient (Wildman–Crippen LogP) is 0.518. The van der Waals surface area contributed by atoms with Gasteiger partial charge in [0.05, 0.1) is 6.54 Å². The first-order valence-corrected chi connectivity index (χ1v) is 9.56. The van der Waals surface area contributed by atoms with Crippen molar-refractivity contribution in [3.05, 3.63) is 18.0 Å². The summed E-state index contributed by atoms with van der Waals surface area (Å²) in [6, 6.07) is 2.02. The third kappa shape index (κ3) is 4.29. The van der Waals surface area contributed by atoms with E-state index < -0.39 is 6.09 Å². The molecule has 4 rings (SSSR count). The Balaban J connectivity index is 1.31. The molecule has 0 saturated carbocycles. The fraction of sp³-hybridized carbons (Fsp3) is 0.667. The van der Waals surface area contributed by atoms with Crippen molar-refractivity contribution in [1.29, 1.82) is 0 Å². The molecule has 146 valence electrons. The maximum absolute atomic E-state index is 12.2. The molecule has 2 amide bonds. The van der Waals surface area contributed by atoms with Crippen LogP contribution in [0.4, 0.5) is 10.7 Å². The Labute approximate surface area is 158 Å². The van der Waals surface area contributed by atoms with Gasteiger partial charge in [0.15, 0.2) is 0 Å². The van der Waals surface area contributed by atoms with Crippen LogP contribution in [0.1, 0.15) is 30.9 Å². The van der Waals surface area contributed by atoms with Crippen LogP contribution in [-0.4, -0.2) is 78.9 Å². The van der Waals surface area contributed by atoms with Gasteiger partial charge in [-0.25, -0.2) is 14.8 Å². The molecule has 0 radical (unpaired) electrons. The maximum Gasteiger partial charge on any atom is 0.410 e. The molecule has 9 nitrogen and oxygen atoms in total. The van der Waals surface area contributed by atoms with Gasteiger partial charge in [0.1, 0.15) is 13.2 Å². The van der Waals surface area contributed by atoms with Crippen LogP contribution in [0, 0.1) is 0 Å². The lowest BCUT2D eigenvalue weighted by Crippen LogP contribution is -2.43. The van der Waals surface area contributed by atoms with Gasteiger partial charge in [-0.1, -0.05) is 0 Å². The number of ether oxygens (including phenoxy) is 2. The van der Waals surface area contributed by atoms with E-state index in [9.17, 15) is 9.59 Å². The van der Waals surface area contributed by atoms with Crippen LogP contribution in [0.5, 0.6) is 0 Å². The Hall–Kier alpha value is -2.42. The Kier molecular flexibility index (Phi) is 5.38. The molecular weight excluding hydrogens is 350 g/mol. The van der Waals surface area contributed by atoms with Crippen molar-refractivity contribution < 1.29 is 19.1 Å². The first kappa shape index (κ1) is 18.0. The minimum Gasteiger partial charge on any atom is -0.448 e.